The standard InChI is InChI=1S/C8H11NS2/c1-5-2-3-6-7(4-5)11-8(10)9-6/h5H,2-4H2,1H3,(H,9,10). The van der Waals surface area contributed by atoms with Crippen molar-refractivity contribution in [3.63, 3.8) is 0 Å². The van der Waals surface area contributed by atoms with Crippen molar-refractivity contribution >= 4 is 23.6 Å². The molecule has 11 heavy (non-hydrogen) atoms. The summed E-state index contributed by atoms with van der Waals surface area (Å²) in [4.78, 5) is 4.74. The first kappa shape index (κ1) is 7.50. The van der Waals surface area contributed by atoms with Gasteiger partial charge in [0.2, 0.25) is 0 Å². The first-order valence-electron chi connectivity index (χ1n) is 3.96. The summed E-state index contributed by atoms with van der Waals surface area (Å²) in [5.74, 6) is 0.851. The van der Waals surface area contributed by atoms with Crippen molar-refractivity contribution in [2.24, 2.45) is 5.92 Å². The van der Waals surface area contributed by atoms with Gasteiger partial charge in [-0.15, -0.1) is 11.3 Å². The van der Waals surface area contributed by atoms with Gasteiger partial charge in [-0.1, -0.05) is 6.92 Å². The lowest BCUT2D eigenvalue weighted by Crippen LogP contribution is -2.08. The predicted molar refractivity (Wildman–Crippen MR) is 50.7 cm³/mol. The van der Waals surface area contributed by atoms with Crippen molar-refractivity contribution < 1.29 is 0 Å². The molecule has 0 bridgehead atoms. The molecule has 1 N–H and O–H groups in total. The summed E-state index contributed by atoms with van der Waals surface area (Å²) in [7, 11) is 0. The average Bonchev–Trinajstić information content (AvgIpc) is 2.27. The number of hydrogen-bond donors (Lipinski definition) is 1. The Labute approximate surface area is 75.5 Å². The molecule has 0 fully saturated rings. The SMILES string of the molecule is CC1CCc2[nH]c(=S)sc2C1. The molecule has 1 aromatic heterocycles. The van der Waals surface area contributed by atoms with Gasteiger partial charge in [0.25, 0.3) is 0 Å². The van der Waals surface area contributed by atoms with Gasteiger partial charge in [-0.3, -0.25) is 0 Å². The lowest BCUT2D eigenvalue weighted by atomic mass is 9.93. The van der Waals surface area contributed by atoms with Crippen molar-refractivity contribution in [2.75, 3.05) is 0 Å². The summed E-state index contributed by atoms with van der Waals surface area (Å²) in [5.41, 5.74) is 1.40. The van der Waals surface area contributed by atoms with Crippen LogP contribution in [0, 0.1) is 9.87 Å². The Bertz CT molecular complexity index is 310. The summed E-state index contributed by atoms with van der Waals surface area (Å²) < 4.78 is 0.948. The number of aryl methyl sites for hydroxylation is 1. The van der Waals surface area contributed by atoms with E-state index in [0.717, 1.165) is 9.87 Å². The minimum Gasteiger partial charge on any atom is -0.341 e. The average molecular weight is 185 g/mol. The van der Waals surface area contributed by atoms with Crippen LogP contribution >= 0.6 is 23.6 Å². The number of aromatic nitrogens is 1. The summed E-state index contributed by atoms with van der Waals surface area (Å²) in [6.45, 7) is 2.31. The number of aromatic amines is 1. The van der Waals surface area contributed by atoms with Gasteiger partial charge in [0, 0.05) is 10.6 Å². The van der Waals surface area contributed by atoms with Crippen LogP contribution in [0.3, 0.4) is 0 Å². The Hall–Kier alpha value is -0.150. The number of rotatable bonds is 0. The number of fused-ring (bicyclic) bond motifs is 1. The van der Waals surface area contributed by atoms with Gasteiger partial charge in [0.15, 0.2) is 3.95 Å². The van der Waals surface area contributed by atoms with Crippen LogP contribution in [-0.4, -0.2) is 4.98 Å². The Morgan fingerprint density at radius 2 is 2.45 bits per heavy atom. The quantitative estimate of drug-likeness (QED) is 0.614. The van der Waals surface area contributed by atoms with Gasteiger partial charge in [0.05, 0.1) is 0 Å². The first-order chi connectivity index (χ1) is 5.25. The minimum atomic E-state index is 0.851. The van der Waals surface area contributed by atoms with E-state index in [2.05, 4.69) is 11.9 Å². The highest BCUT2D eigenvalue weighted by atomic mass is 32.1. The predicted octanol–water partition coefficient (Wildman–Crippen LogP) is 2.93. The zero-order valence-electron chi connectivity index (χ0n) is 6.52. The van der Waals surface area contributed by atoms with Gasteiger partial charge < -0.3 is 4.98 Å². The largest absolute Gasteiger partial charge is 0.341 e. The van der Waals surface area contributed by atoms with Crippen LogP contribution in [-0.2, 0) is 12.8 Å². The second-order valence-corrected chi connectivity index (χ2v) is 5.04. The maximum absolute atomic E-state index is 5.08. The molecule has 2 rings (SSSR count). The molecule has 0 spiro atoms. The Morgan fingerprint density at radius 3 is 3.27 bits per heavy atom. The molecular weight excluding hydrogens is 174 g/mol. The van der Waals surface area contributed by atoms with E-state index in [-0.39, 0.29) is 0 Å². The second-order valence-electron chi connectivity index (χ2n) is 3.26. The summed E-state index contributed by atoms with van der Waals surface area (Å²) >= 11 is 6.84. The molecule has 0 amide bonds. The molecule has 1 heterocycles. The maximum Gasteiger partial charge on any atom is 0.158 e. The van der Waals surface area contributed by atoms with Crippen LogP contribution < -0.4 is 0 Å². The fourth-order valence-corrected chi connectivity index (χ4v) is 3.04. The molecule has 3 heteroatoms. The van der Waals surface area contributed by atoms with E-state index in [1.54, 1.807) is 11.3 Å². The first-order valence-corrected chi connectivity index (χ1v) is 5.19. The zero-order chi connectivity index (χ0) is 7.84. The van der Waals surface area contributed by atoms with E-state index in [1.807, 2.05) is 0 Å². The van der Waals surface area contributed by atoms with Crippen molar-refractivity contribution in [1.82, 2.24) is 4.98 Å². The van der Waals surface area contributed by atoms with Gasteiger partial charge >= 0.3 is 0 Å². The fourth-order valence-electron chi connectivity index (χ4n) is 1.57. The molecule has 1 aliphatic carbocycles. The van der Waals surface area contributed by atoms with E-state index in [1.165, 1.54) is 29.8 Å². The summed E-state index contributed by atoms with van der Waals surface area (Å²) in [5, 5.41) is 0. The Kier molecular flexibility index (Phi) is 1.85. The third-order valence-electron chi connectivity index (χ3n) is 2.23. The van der Waals surface area contributed by atoms with Gasteiger partial charge in [0.1, 0.15) is 0 Å². The van der Waals surface area contributed by atoms with Crippen molar-refractivity contribution in [3.05, 3.63) is 14.5 Å². The third-order valence-corrected chi connectivity index (χ3v) is 3.53. The molecule has 0 radical (unpaired) electrons. The summed E-state index contributed by atoms with van der Waals surface area (Å²) in [6, 6.07) is 0. The van der Waals surface area contributed by atoms with E-state index in [0.29, 0.717) is 0 Å². The molecular formula is C8H11NS2. The molecule has 1 nitrogen and oxygen atoms in total. The minimum absolute atomic E-state index is 0.851. The highest BCUT2D eigenvalue weighted by Crippen LogP contribution is 2.27. The van der Waals surface area contributed by atoms with Gasteiger partial charge in [-0.25, -0.2) is 0 Å². The van der Waals surface area contributed by atoms with Crippen LogP contribution in [0.15, 0.2) is 0 Å². The molecule has 0 aromatic carbocycles. The third kappa shape index (κ3) is 1.40. The van der Waals surface area contributed by atoms with Crippen LogP contribution in [0.4, 0.5) is 0 Å². The number of nitrogens with one attached hydrogen (secondary N) is 1. The Balaban J connectivity index is 2.41. The molecule has 0 saturated carbocycles. The topological polar surface area (TPSA) is 15.8 Å². The van der Waals surface area contributed by atoms with Crippen molar-refractivity contribution in [2.45, 2.75) is 26.2 Å². The Morgan fingerprint density at radius 1 is 1.64 bits per heavy atom. The highest BCUT2D eigenvalue weighted by Gasteiger charge is 2.16. The van der Waals surface area contributed by atoms with Crippen LogP contribution in [0.25, 0.3) is 0 Å². The van der Waals surface area contributed by atoms with E-state index in [4.69, 9.17) is 12.2 Å². The van der Waals surface area contributed by atoms with E-state index in [9.17, 15) is 0 Å². The number of hydrogen-bond acceptors (Lipinski definition) is 2. The summed E-state index contributed by atoms with van der Waals surface area (Å²) in [6.07, 6.45) is 3.74. The lowest BCUT2D eigenvalue weighted by Gasteiger charge is -2.16. The number of thiazole rings is 1. The monoisotopic (exact) mass is 185 g/mol. The lowest BCUT2D eigenvalue weighted by molar-refractivity contribution is 0.502. The molecule has 1 aromatic rings. The van der Waals surface area contributed by atoms with Crippen LogP contribution in [0.5, 0.6) is 0 Å². The van der Waals surface area contributed by atoms with E-state index < -0.39 is 0 Å². The number of H-pyrrole nitrogens is 1. The second kappa shape index (κ2) is 2.72. The molecule has 60 valence electrons. The molecule has 0 saturated heterocycles. The highest BCUT2D eigenvalue weighted by molar-refractivity contribution is 7.73. The van der Waals surface area contributed by atoms with Crippen molar-refractivity contribution in [3.8, 4) is 0 Å². The van der Waals surface area contributed by atoms with Crippen molar-refractivity contribution in [1.29, 1.82) is 0 Å². The smallest absolute Gasteiger partial charge is 0.158 e. The maximum atomic E-state index is 5.08. The zero-order valence-corrected chi connectivity index (χ0v) is 8.15. The van der Waals surface area contributed by atoms with Gasteiger partial charge in [-0.2, -0.15) is 0 Å². The van der Waals surface area contributed by atoms with E-state index >= 15 is 0 Å². The van der Waals surface area contributed by atoms with Crippen LogP contribution in [0.2, 0.25) is 0 Å². The molecule has 0 aliphatic heterocycles. The van der Waals surface area contributed by atoms with Gasteiger partial charge in [-0.05, 0) is 37.4 Å². The van der Waals surface area contributed by atoms with Crippen LogP contribution in [0.1, 0.15) is 23.9 Å². The molecule has 1 aliphatic rings. The molecule has 1 atom stereocenters. The molecule has 1 unspecified atom stereocenters. The fraction of sp³-hybridized carbons (Fsp3) is 0.625. The normalized spacial score (nSPS) is 23.2.